The summed E-state index contributed by atoms with van der Waals surface area (Å²) in [5, 5.41) is 3.00. The largest absolute Gasteiger partial charge is 0.497 e. The molecule has 1 atom stereocenters. The van der Waals surface area contributed by atoms with Gasteiger partial charge in [-0.3, -0.25) is 4.79 Å². The average molecular weight is 348 g/mol. The maximum atomic E-state index is 12.6. The maximum Gasteiger partial charge on any atom is 0.226 e. The summed E-state index contributed by atoms with van der Waals surface area (Å²) in [5.74, 6) is 0.796. The Balaban J connectivity index is 1.75. The van der Waals surface area contributed by atoms with Gasteiger partial charge in [0.2, 0.25) is 5.91 Å². The van der Waals surface area contributed by atoms with Gasteiger partial charge in [-0.1, -0.05) is 31.2 Å². The van der Waals surface area contributed by atoms with E-state index >= 15 is 0 Å². The molecule has 26 heavy (non-hydrogen) atoms. The zero-order valence-corrected chi connectivity index (χ0v) is 15.2. The molecule has 4 nitrogen and oxygen atoms in total. The van der Waals surface area contributed by atoms with Crippen LogP contribution in [0, 0.1) is 0 Å². The van der Waals surface area contributed by atoms with Gasteiger partial charge < -0.3 is 14.6 Å². The Bertz CT molecular complexity index is 822. The molecule has 0 spiro atoms. The first kappa shape index (κ1) is 17.8. The number of rotatable bonds is 7. The van der Waals surface area contributed by atoms with Crippen molar-refractivity contribution in [2.45, 2.75) is 25.8 Å². The first-order chi connectivity index (χ1) is 12.7. The highest BCUT2D eigenvalue weighted by Gasteiger charge is 2.17. The predicted octanol–water partition coefficient (Wildman–Crippen LogP) is 4.68. The third-order valence-electron chi connectivity index (χ3n) is 4.51. The summed E-state index contributed by atoms with van der Waals surface area (Å²) in [7, 11) is 1.65. The Morgan fingerprint density at radius 3 is 2.27 bits per heavy atom. The Morgan fingerprint density at radius 1 is 1.04 bits per heavy atom. The number of anilines is 1. The van der Waals surface area contributed by atoms with Gasteiger partial charge in [-0.2, -0.15) is 0 Å². The van der Waals surface area contributed by atoms with Gasteiger partial charge in [0.15, 0.2) is 0 Å². The number of hydrogen-bond acceptors (Lipinski definition) is 2. The second-order valence-electron chi connectivity index (χ2n) is 6.22. The molecule has 0 aliphatic heterocycles. The van der Waals surface area contributed by atoms with Gasteiger partial charge in [-0.25, -0.2) is 0 Å². The molecule has 134 valence electrons. The Morgan fingerprint density at radius 2 is 1.69 bits per heavy atom. The number of aromatic nitrogens is 1. The van der Waals surface area contributed by atoms with Crippen molar-refractivity contribution in [2.75, 3.05) is 12.4 Å². The van der Waals surface area contributed by atoms with E-state index in [4.69, 9.17) is 4.74 Å². The number of ether oxygens (including phenoxy) is 1. The molecule has 0 radical (unpaired) electrons. The lowest BCUT2D eigenvalue weighted by Gasteiger charge is -2.20. The van der Waals surface area contributed by atoms with Crippen LogP contribution in [0.25, 0.3) is 0 Å². The lowest BCUT2D eigenvalue weighted by Crippen LogP contribution is -2.19. The average Bonchev–Trinajstić information content (AvgIpc) is 3.21. The number of methoxy groups -OCH3 is 1. The van der Waals surface area contributed by atoms with Gasteiger partial charge in [0.1, 0.15) is 5.75 Å². The topological polar surface area (TPSA) is 43.3 Å². The van der Waals surface area contributed by atoms with Crippen LogP contribution in [0.3, 0.4) is 0 Å². The van der Waals surface area contributed by atoms with E-state index in [1.54, 1.807) is 7.11 Å². The van der Waals surface area contributed by atoms with E-state index in [0.717, 1.165) is 23.4 Å². The van der Waals surface area contributed by atoms with Crippen molar-refractivity contribution in [3.63, 3.8) is 0 Å². The van der Waals surface area contributed by atoms with Gasteiger partial charge in [0.25, 0.3) is 0 Å². The van der Waals surface area contributed by atoms with Crippen molar-refractivity contribution in [1.82, 2.24) is 4.57 Å². The Kier molecular flexibility index (Phi) is 5.74. The highest BCUT2D eigenvalue weighted by atomic mass is 16.5. The van der Waals surface area contributed by atoms with Crippen LogP contribution in [0.2, 0.25) is 0 Å². The van der Waals surface area contributed by atoms with Crippen LogP contribution < -0.4 is 10.1 Å². The van der Waals surface area contributed by atoms with E-state index in [1.807, 2.05) is 73.1 Å². The van der Waals surface area contributed by atoms with Crippen LogP contribution in [0.15, 0.2) is 73.1 Å². The molecule has 1 unspecified atom stereocenters. The number of aryl methyl sites for hydroxylation is 1. The fraction of sp³-hybridized carbons (Fsp3) is 0.227. The van der Waals surface area contributed by atoms with Gasteiger partial charge in [0.05, 0.1) is 19.6 Å². The quantitative estimate of drug-likeness (QED) is 0.674. The fourth-order valence-electron chi connectivity index (χ4n) is 2.99. The fourth-order valence-corrected chi connectivity index (χ4v) is 2.99. The normalized spacial score (nSPS) is 11.8. The lowest BCUT2D eigenvalue weighted by molar-refractivity contribution is -0.116. The minimum atomic E-state index is -0.0641. The molecule has 0 bridgehead atoms. The third-order valence-corrected chi connectivity index (χ3v) is 4.51. The van der Waals surface area contributed by atoms with Crippen molar-refractivity contribution in [3.8, 4) is 5.75 Å². The molecule has 0 saturated heterocycles. The van der Waals surface area contributed by atoms with E-state index in [-0.39, 0.29) is 11.9 Å². The molecule has 1 heterocycles. The second-order valence-corrected chi connectivity index (χ2v) is 6.22. The minimum absolute atomic E-state index is 0.0104. The number of benzene rings is 2. The van der Waals surface area contributed by atoms with Crippen LogP contribution in [-0.4, -0.2) is 17.6 Å². The van der Waals surface area contributed by atoms with E-state index < -0.39 is 0 Å². The molecule has 0 fully saturated rings. The van der Waals surface area contributed by atoms with Crippen LogP contribution >= 0.6 is 0 Å². The molecule has 3 rings (SSSR count). The summed E-state index contributed by atoms with van der Waals surface area (Å²) in [6, 6.07) is 19.7. The van der Waals surface area contributed by atoms with Gasteiger partial charge >= 0.3 is 0 Å². The Hall–Kier alpha value is -3.01. The highest BCUT2D eigenvalue weighted by molar-refractivity contribution is 5.91. The number of carbonyl (C=O) groups is 1. The van der Waals surface area contributed by atoms with Gasteiger partial charge in [0, 0.05) is 18.1 Å². The number of amides is 1. The van der Waals surface area contributed by atoms with Crippen molar-refractivity contribution in [2.24, 2.45) is 0 Å². The standard InChI is InChI=1S/C22H24N2O2/c1-3-17-6-10-19(11-7-17)23-22(25)16-21(24-14-4-5-15-24)18-8-12-20(26-2)13-9-18/h4-15,21H,3,16H2,1-2H3,(H,23,25). The van der Waals surface area contributed by atoms with E-state index in [2.05, 4.69) is 16.8 Å². The highest BCUT2D eigenvalue weighted by Crippen LogP contribution is 2.25. The van der Waals surface area contributed by atoms with E-state index in [9.17, 15) is 4.79 Å². The predicted molar refractivity (Wildman–Crippen MR) is 105 cm³/mol. The molecule has 3 aromatic rings. The summed E-state index contributed by atoms with van der Waals surface area (Å²) < 4.78 is 7.29. The first-order valence-corrected chi connectivity index (χ1v) is 8.84. The van der Waals surface area contributed by atoms with Crippen LogP contribution in [0.1, 0.15) is 30.5 Å². The molecule has 4 heteroatoms. The first-order valence-electron chi connectivity index (χ1n) is 8.84. The summed E-state index contributed by atoms with van der Waals surface area (Å²) >= 11 is 0. The maximum absolute atomic E-state index is 12.6. The summed E-state index contributed by atoms with van der Waals surface area (Å²) in [6.45, 7) is 2.12. The second kappa shape index (κ2) is 8.39. The number of nitrogens with zero attached hydrogens (tertiary/aromatic N) is 1. The van der Waals surface area contributed by atoms with E-state index in [1.165, 1.54) is 5.56 Å². The lowest BCUT2D eigenvalue weighted by atomic mass is 10.0. The summed E-state index contributed by atoms with van der Waals surface area (Å²) in [6.07, 6.45) is 5.31. The molecule has 0 saturated carbocycles. The molecule has 2 aromatic carbocycles. The summed E-state index contributed by atoms with van der Waals surface area (Å²) in [4.78, 5) is 12.6. The molecule has 0 aliphatic carbocycles. The molecule has 1 aromatic heterocycles. The number of carbonyl (C=O) groups excluding carboxylic acids is 1. The smallest absolute Gasteiger partial charge is 0.226 e. The monoisotopic (exact) mass is 348 g/mol. The molecular weight excluding hydrogens is 324 g/mol. The van der Waals surface area contributed by atoms with Crippen molar-refractivity contribution in [1.29, 1.82) is 0 Å². The number of hydrogen-bond donors (Lipinski definition) is 1. The minimum Gasteiger partial charge on any atom is -0.497 e. The van der Waals surface area contributed by atoms with Gasteiger partial charge in [-0.15, -0.1) is 0 Å². The van der Waals surface area contributed by atoms with E-state index in [0.29, 0.717) is 6.42 Å². The number of nitrogens with one attached hydrogen (secondary N) is 1. The molecule has 0 aliphatic rings. The molecule has 1 N–H and O–H groups in total. The molecule has 1 amide bonds. The van der Waals surface area contributed by atoms with Crippen molar-refractivity contribution >= 4 is 11.6 Å². The van der Waals surface area contributed by atoms with Crippen LogP contribution in [0.4, 0.5) is 5.69 Å². The summed E-state index contributed by atoms with van der Waals surface area (Å²) in [5.41, 5.74) is 3.15. The van der Waals surface area contributed by atoms with Crippen molar-refractivity contribution < 1.29 is 9.53 Å². The Labute approximate surface area is 154 Å². The third kappa shape index (κ3) is 4.33. The zero-order chi connectivity index (χ0) is 18.4. The van der Waals surface area contributed by atoms with Gasteiger partial charge in [-0.05, 0) is 53.9 Å². The molecular formula is C22H24N2O2. The zero-order valence-electron chi connectivity index (χ0n) is 15.2. The van der Waals surface area contributed by atoms with Crippen molar-refractivity contribution in [3.05, 3.63) is 84.2 Å². The van der Waals surface area contributed by atoms with Crippen LogP contribution in [0.5, 0.6) is 5.75 Å². The van der Waals surface area contributed by atoms with Crippen LogP contribution in [-0.2, 0) is 11.2 Å². The SMILES string of the molecule is CCc1ccc(NC(=O)CC(c2ccc(OC)cc2)n2cccc2)cc1.